The number of amides is 1. The van der Waals surface area contributed by atoms with Crippen molar-refractivity contribution in [3.63, 3.8) is 0 Å². The molecule has 1 amide bonds. The largest absolute Gasteiger partial charge is 0.364 e. The summed E-state index contributed by atoms with van der Waals surface area (Å²) in [6.45, 7) is 0.892. The first-order valence-electron chi connectivity index (χ1n) is 12.2. The molecule has 2 heterocycles. The number of sulfone groups is 1. The number of nitrogens with one attached hydrogen (secondary N) is 2. The molecule has 0 atom stereocenters. The number of nitrogens with zero attached hydrogens (tertiary/aromatic N) is 3. The summed E-state index contributed by atoms with van der Waals surface area (Å²) in [6, 6.07) is 28.6. The van der Waals surface area contributed by atoms with E-state index in [1.54, 1.807) is 28.8 Å². The Morgan fingerprint density at radius 1 is 0.868 bits per heavy atom. The minimum absolute atomic E-state index is 0.0516. The molecule has 0 aliphatic rings. The van der Waals surface area contributed by atoms with Crippen molar-refractivity contribution in [2.45, 2.75) is 17.9 Å². The maximum absolute atomic E-state index is 13.0. The summed E-state index contributed by atoms with van der Waals surface area (Å²) in [5.41, 5.74) is 4.78. The SMILES string of the molecule is CS(=O)(=O)c1ccc(CCNC(=O)c2nc(NCc3ccccc3)c3c(-c4ccccc4)ccn3n2)cc1. The van der Waals surface area contributed by atoms with Gasteiger partial charge in [0.1, 0.15) is 5.52 Å². The summed E-state index contributed by atoms with van der Waals surface area (Å²) in [5.74, 6) is 0.224. The van der Waals surface area contributed by atoms with Crippen LogP contribution in [0.4, 0.5) is 5.82 Å². The number of aromatic nitrogens is 3. The zero-order valence-corrected chi connectivity index (χ0v) is 21.7. The summed E-state index contributed by atoms with van der Waals surface area (Å²) in [4.78, 5) is 17.9. The average Bonchev–Trinajstić information content (AvgIpc) is 3.37. The molecule has 0 aliphatic carbocycles. The summed E-state index contributed by atoms with van der Waals surface area (Å²) in [5, 5.41) is 10.8. The molecule has 192 valence electrons. The van der Waals surface area contributed by atoms with Crippen LogP contribution < -0.4 is 10.6 Å². The maximum Gasteiger partial charge on any atom is 0.291 e. The molecule has 2 aromatic heterocycles. The van der Waals surface area contributed by atoms with Gasteiger partial charge in [0.25, 0.3) is 5.91 Å². The highest BCUT2D eigenvalue weighted by Gasteiger charge is 2.18. The van der Waals surface area contributed by atoms with Crippen molar-refractivity contribution < 1.29 is 13.2 Å². The Hall–Kier alpha value is -4.50. The highest BCUT2D eigenvalue weighted by molar-refractivity contribution is 7.90. The van der Waals surface area contributed by atoms with Crippen molar-refractivity contribution in [1.29, 1.82) is 0 Å². The quantitative estimate of drug-likeness (QED) is 0.296. The number of fused-ring (bicyclic) bond motifs is 1. The van der Waals surface area contributed by atoms with Gasteiger partial charge in [-0.2, -0.15) is 0 Å². The van der Waals surface area contributed by atoms with Crippen LogP contribution in [0.5, 0.6) is 0 Å². The zero-order valence-electron chi connectivity index (χ0n) is 20.8. The van der Waals surface area contributed by atoms with Gasteiger partial charge in [-0.3, -0.25) is 4.79 Å². The Labute approximate surface area is 221 Å². The molecular formula is C29H27N5O3S. The molecule has 38 heavy (non-hydrogen) atoms. The van der Waals surface area contributed by atoms with Crippen molar-refractivity contribution in [2.24, 2.45) is 0 Å². The van der Waals surface area contributed by atoms with Gasteiger partial charge in [-0.05, 0) is 41.3 Å². The van der Waals surface area contributed by atoms with Gasteiger partial charge in [0.15, 0.2) is 15.7 Å². The van der Waals surface area contributed by atoms with Gasteiger partial charge in [0, 0.05) is 31.1 Å². The second-order valence-electron chi connectivity index (χ2n) is 8.93. The third-order valence-electron chi connectivity index (χ3n) is 6.15. The van der Waals surface area contributed by atoms with Crippen molar-refractivity contribution in [2.75, 3.05) is 18.1 Å². The lowest BCUT2D eigenvalue weighted by Crippen LogP contribution is -2.28. The lowest BCUT2D eigenvalue weighted by Gasteiger charge is -2.12. The normalized spacial score (nSPS) is 11.4. The van der Waals surface area contributed by atoms with E-state index in [1.165, 1.54) is 6.26 Å². The molecule has 5 aromatic rings. The Bertz CT molecular complexity index is 1670. The van der Waals surface area contributed by atoms with Gasteiger partial charge < -0.3 is 10.6 Å². The van der Waals surface area contributed by atoms with Crippen LogP contribution in [-0.4, -0.2) is 41.7 Å². The summed E-state index contributed by atoms with van der Waals surface area (Å²) in [6.07, 6.45) is 3.54. The number of rotatable bonds is 9. The minimum Gasteiger partial charge on any atom is -0.364 e. The number of hydrogen-bond donors (Lipinski definition) is 2. The predicted octanol–water partition coefficient (Wildman–Crippen LogP) is 4.38. The highest BCUT2D eigenvalue weighted by Crippen LogP contribution is 2.29. The van der Waals surface area contributed by atoms with Crippen molar-refractivity contribution in [3.05, 3.63) is 114 Å². The molecule has 0 unspecified atom stereocenters. The molecule has 0 fully saturated rings. The fraction of sp³-hybridized carbons (Fsp3) is 0.138. The maximum atomic E-state index is 13.0. The first-order chi connectivity index (χ1) is 18.4. The van der Waals surface area contributed by atoms with Crippen molar-refractivity contribution in [1.82, 2.24) is 19.9 Å². The first-order valence-corrected chi connectivity index (χ1v) is 14.1. The van der Waals surface area contributed by atoms with Crippen LogP contribution in [0.2, 0.25) is 0 Å². The van der Waals surface area contributed by atoms with Crippen LogP contribution >= 0.6 is 0 Å². The van der Waals surface area contributed by atoms with E-state index in [2.05, 4.69) is 20.7 Å². The molecule has 0 saturated heterocycles. The number of carbonyl (C=O) groups excluding carboxylic acids is 1. The van der Waals surface area contributed by atoms with Gasteiger partial charge >= 0.3 is 0 Å². The first kappa shape index (κ1) is 25.2. The number of carbonyl (C=O) groups is 1. The van der Waals surface area contributed by atoms with Crippen LogP contribution in [-0.2, 0) is 22.8 Å². The van der Waals surface area contributed by atoms with E-state index in [-0.39, 0.29) is 10.7 Å². The van der Waals surface area contributed by atoms with Crippen molar-refractivity contribution in [3.8, 4) is 11.1 Å². The minimum atomic E-state index is -3.24. The Balaban J connectivity index is 1.37. The van der Waals surface area contributed by atoms with E-state index < -0.39 is 15.7 Å². The van der Waals surface area contributed by atoms with Crippen LogP contribution in [0, 0.1) is 0 Å². The van der Waals surface area contributed by atoms with Crippen LogP contribution in [0.25, 0.3) is 16.6 Å². The summed E-state index contributed by atoms with van der Waals surface area (Å²) >= 11 is 0. The van der Waals surface area contributed by atoms with Gasteiger partial charge in [-0.25, -0.2) is 17.9 Å². The molecule has 3 aromatic carbocycles. The molecule has 0 spiro atoms. The lowest BCUT2D eigenvalue weighted by atomic mass is 10.1. The Kier molecular flexibility index (Phi) is 7.19. The number of anilines is 1. The summed E-state index contributed by atoms with van der Waals surface area (Å²) < 4.78 is 25.0. The molecule has 8 nitrogen and oxygen atoms in total. The molecule has 0 aliphatic heterocycles. The smallest absolute Gasteiger partial charge is 0.291 e. The fourth-order valence-corrected chi connectivity index (χ4v) is 4.81. The van der Waals surface area contributed by atoms with Gasteiger partial charge in [0.2, 0.25) is 5.82 Å². The highest BCUT2D eigenvalue weighted by atomic mass is 32.2. The monoisotopic (exact) mass is 525 g/mol. The lowest BCUT2D eigenvalue weighted by molar-refractivity contribution is 0.0942. The number of benzene rings is 3. The van der Waals surface area contributed by atoms with Crippen LogP contribution in [0.15, 0.2) is 102 Å². The standard InChI is InChI=1S/C29H27N5O3S/c1-38(36,37)24-14-12-21(13-15-24)16-18-30-29(35)28-32-27(31-20-22-8-4-2-5-9-22)26-25(17-19-34(26)33-28)23-10-6-3-7-11-23/h2-15,17,19H,16,18,20H2,1H3,(H,30,35)(H,31,32,33). The van der Waals surface area contributed by atoms with E-state index in [9.17, 15) is 13.2 Å². The van der Waals surface area contributed by atoms with Gasteiger partial charge in [-0.1, -0.05) is 72.8 Å². The predicted molar refractivity (Wildman–Crippen MR) is 148 cm³/mol. The fourth-order valence-electron chi connectivity index (χ4n) is 4.18. The van der Waals surface area contributed by atoms with Crippen molar-refractivity contribution >= 4 is 27.1 Å². The van der Waals surface area contributed by atoms with Crippen LogP contribution in [0.3, 0.4) is 0 Å². The molecule has 0 radical (unpaired) electrons. The molecular weight excluding hydrogens is 498 g/mol. The molecule has 5 rings (SSSR count). The third-order valence-corrected chi connectivity index (χ3v) is 7.28. The van der Waals surface area contributed by atoms with E-state index in [1.807, 2.05) is 72.9 Å². The third kappa shape index (κ3) is 5.73. The van der Waals surface area contributed by atoms with Gasteiger partial charge in [0.05, 0.1) is 4.90 Å². The molecule has 9 heteroatoms. The van der Waals surface area contributed by atoms with E-state index >= 15 is 0 Å². The second kappa shape index (κ2) is 10.9. The van der Waals surface area contributed by atoms with E-state index in [4.69, 9.17) is 0 Å². The average molecular weight is 526 g/mol. The van der Waals surface area contributed by atoms with E-state index in [0.717, 1.165) is 27.8 Å². The Morgan fingerprint density at radius 2 is 1.55 bits per heavy atom. The topological polar surface area (TPSA) is 105 Å². The molecule has 0 bridgehead atoms. The zero-order chi connectivity index (χ0) is 26.5. The molecule has 0 saturated carbocycles. The van der Waals surface area contributed by atoms with E-state index in [0.29, 0.717) is 25.3 Å². The Morgan fingerprint density at radius 3 is 2.24 bits per heavy atom. The second-order valence-corrected chi connectivity index (χ2v) is 10.9. The number of hydrogen-bond acceptors (Lipinski definition) is 6. The van der Waals surface area contributed by atoms with Crippen LogP contribution in [0.1, 0.15) is 21.7 Å². The molecule has 2 N–H and O–H groups in total. The van der Waals surface area contributed by atoms with Gasteiger partial charge in [-0.15, -0.1) is 5.10 Å². The summed E-state index contributed by atoms with van der Waals surface area (Å²) in [7, 11) is -3.24.